The molecule has 3 rings (SSSR count). The number of carboxylic acids is 2. The molecule has 0 saturated heterocycles. The third-order valence-corrected chi connectivity index (χ3v) is 4.58. The molecule has 0 bridgehead atoms. The fourth-order valence-corrected chi connectivity index (χ4v) is 3.20. The summed E-state index contributed by atoms with van der Waals surface area (Å²) in [4.78, 5) is 22.6. The van der Waals surface area contributed by atoms with E-state index in [-0.39, 0.29) is 6.04 Å². The summed E-state index contributed by atoms with van der Waals surface area (Å²) in [6.07, 6.45) is -0.594. The highest BCUT2D eigenvalue weighted by atomic mass is 35.5. The zero-order chi connectivity index (χ0) is 21.4. The fourth-order valence-electron chi connectivity index (χ4n) is 2.54. The molecule has 0 aromatic heterocycles. The van der Waals surface area contributed by atoms with Crippen molar-refractivity contribution < 1.29 is 24.9 Å². The van der Waals surface area contributed by atoms with Crippen LogP contribution < -0.4 is 10.6 Å². The molecule has 29 heavy (non-hydrogen) atoms. The van der Waals surface area contributed by atoms with Crippen molar-refractivity contribution in [3.63, 3.8) is 0 Å². The number of benzene rings is 2. The van der Waals surface area contributed by atoms with Crippen LogP contribution in [0.4, 0.5) is 0 Å². The van der Waals surface area contributed by atoms with Crippen LogP contribution >= 0.6 is 23.2 Å². The maximum absolute atomic E-state index is 10.2. The highest BCUT2D eigenvalue weighted by Gasteiger charge is 2.23. The number of carboxylic acid groups (broad SMARTS) is 2. The maximum atomic E-state index is 10.2. The van der Waals surface area contributed by atoms with Gasteiger partial charge in [-0.2, -0.15) is 0 Å². The predicted octanol–water partition coefficient (Wildman–Crippen LogP) is 2.47. The van der Waals surface area contributed by atoms with Gasteiger partial charge in [0.1, 0.15) is 0 Å². The molecular formula is C19H19Cl2N3O5. The smallest absolute Gasteiger partial charge is 0.414 e. The van der Waals surface area contributed by atoms with Crippen molar-refractivity contribution in [3.05, 3.63) is 69.7 Å². The average molecular weight is 440 g/mol. The number of nitrogens with zero attached hydrogens (tertiary/aromatic N) is 1. The molecule has 10 heteroatoms. The van der Waals surface area contributed by atoms with Gasteiger partial charge in [0, 0.05) is 22.2 Å². The molecule has 1 aliphatic heterocycles. The lowest BCUT2D eigenvalue weighted by Crippen LogP contribution is -2.37. The lowest BCUT2D eigenvalue weighted by Gasteiger charge is -2.17. The minimum atomic E-state index is -1.82. The third-order valence-electron chi connectivity index (χ3n) is 3.92. The quantitative estimate of drug-likeness (QED) is 0.462. The molecule has 0 fully saturated rings. The Balaban J connectivity index is 0.000000438. The van der Waals surface area contributed by atoms with Crippen molar-refractivity contribution in [1.82, 2.24) is 10.6 Å². The highest BCUT2D eigenvalue weighted by molar-refractivity contribution is 6.36. The van der Waals surface area contributed by atoms with E-state index in [1.807, 2.05) is 48.5 Å². The number of guanidine groups is 1. The van der Waals surface area contributed by atoms with Gasteiger partial charge in [0.25, 0.3) is 0 Å². The summed E-state index contributed by atoms with van der Waals surface area (Å²) in [6.45, 7) is 0.923. The van der Waals surface area contributed by atoms with Gasteiger partial charge in [-0.05, 0) is 17.7 Å². The Kier molecular flexibility index (Phi) is 8.26. The lowest BCUT2D eigenvalue weighted by molar-refractivity contribution is -0.159. The molecule has 0 saturated carbocycles. The highest BCUT2D eigenvalue weighted by Crippen LogP contribution is 2.31. The van der Waals surface area contributed by atoms with Crippen LogP contribution in [0.5, 0.6) is 0 Å². The first-order chi connectivity index (χ1) is 13.8. The number of aliphatic hydroxyl groups is 1. The van der Waals surface area contributed by atoms with Crippen molar-refractivity contribution in [2.24, 2.45) is 4.99 Å². The van der Waals surface area contributed by atoms with Crippen molar-refractivity contribution in [1.29, 1.82) is 0 Å². The largest absolute Gasteiger partial charge is 0.473 e. The first kappa shape index (κ1) is 22.5. The van der Waals surface area contributed by atoms with Gasteiger partial charge in [-0.25, -0.2) is 9.59 Å². The second-order valence-electron chi connectivity index (χ2n) is 5.94. The van der Waals surface area contributed by atoms with Crippen LogP contribution in [-0.2, 0) is 9.59 Å². The molecule has 2 unspecified atom stereocenters. The van der Waals surface area contributed by atoms with E-state index < -0.39 is 18.0 Å². The fraction of sp³-hybridized carbons (Fsp3) is 0.211. The maximum Gasteiger partial charge on any atom is 0.414 e. The Labute approximate surface area is 176 Å². The Morgan fingerprint density at radius 1 is 1.07 bits per heavy atom. The Hall–Kier alpha value is -2.81. The minimum absolute atomic E-state index is 0.0624. The van der Waals surface area contributed by atoms with E-state index >= 15 is 0 Å². The first-order valence-electron chi connectivity index (χ1n) is 8.47. The standard InChI is InChI=1S/C17H17Cl2N3O.C2H2O4/c18-12-7-4-8-13(19)16(12)14-9-20-17(22-14)21-10-15(23)11-5-2-1-3-6-11;3-1(4)2(5)6/h1-8,14-15,23H,9-10H2,(H2,20,21,22);(H,3,4)(H,5,6). The molecule has 0 aliphatic carbocycles. The molecule has 1 aliphatic rings. The Bertz CT molecular complexity index is 860. The average Bonchev–Trinajstić information content (AvgIpc) is 3.15. The van der Waals surface area contributed by atoms with Gasteiger partial charge in [-0.3, -0.25) is 4.99 Å². The summed E-state index contributed by atoms with van der Waals surface area (Å²) in [5.74, 6) is -3.01. The Morgan fingerprint density at radius 2 is 1.66 bits per heavy atom. The van der Waals surface area contributed by atoms with Gasteiger partial charge in [-0.15, -0.1) is 0 Å². The second-order valence-corrected chi connectivity index (χ2v) is 6.75. The van der Waals surface area contributed by atoms with Crippen molar-refractivity contribution in [2.75, 3.05) is 13.1 Å². The monoisotopic (exact) mass is 439 g/mol. The summed E-state index contributed by atoms with van der Waals surface area (Å²) in [6, 6.07) is 14.9. The SMILES string of the molecule is O=C(O)C(=O)O.OC(CNC1=NCC(c2c(Cl)cccc2Cl)N1)c1ccccc1. The number of aliphatic hydroxyl groups excluding tert-OH is 1. The van der Waals surface area contributed by atoms with E-state index in [0.717, 1.165) is 11.1 Å². The summed E-state index contributed by atoms with van der Waals surface area (Å²) in [5, 5.41) is 32.6. The van der Waals surface area contributed by atoms with Gasteiger partial charge in [0.15, 0.2) is 5.96 Å². The van der Waals surface area contributed by atoms with Crippen molar-refractivity contribution in [2.45, 2.75) is 12.1 Å². The van der Waals surface area contributed by atoms with E-state index in [1.54, 1.807) is 0 Å². The van der Waals surface area contributed by atoms with Gasteiger partial charge >= 0.3 is 11.9 Å². The molecule has 2 aromatic carbocycles. The molecule has 0 radical (unpaired) electrons. The molecule has 5 N–H and O–H groups in total. The van der Waals surface area contributed by atoms with Crippen LogP contribution in [0.2, 0.25) is 10.0 Å². The molecule has 0 spiro atoms. The van der Waals surface area contributed by atoms with Crippen LogP contribution in [0.25, 0.3) is 0 Å². The molecule has 2 atom stereocenters. The van der Waals surface area contributed by atoms with Gasteiger partial charge in [0.05, 0.1) is 18.7 Å². The number of halogens is 2. The van der Waals surface area contributed by atoms with Crippen LogP contribution in [0.3, 0.4) is 0 Å². The zero-order valence-electron chi connectivity index (χ0n) is 15.0. The molecule has 2 aromatic rings. The molecule has 154 valence electrons. The second kappa shape index (κ2) is 10.7. The van der Waals surface area contributed by atoms with E-state index in [1.165, 1.54) is 0 Å². The van der Waals surface area contributed by atoms with Gasteiger partial charge < -0.3 is 26.0 Å². The van der Waals surface area contributed by atoms with E-state index in [9.17, 15) is 5.11 Å². The van der Waals surface area contributed by atoms with Gasteiger partial charge in [0.2, 0.25) is 0 Å². The van der Waals surface area contributed by atoms with Crippen molar-refractivity contribution >= 4 is 41.1 Å². The summed E-state index contributed by atoms with van der Waals surface area (Å²) in [7, 11) is 0. The normalized spacial score (nSPS) is 16.0. The number of aliphatic carboxylic acids is 2. The van der Waals surface area contributed by atoms with Crippen LogP contribution in [0.15, 0.2) is 53.5 Å². The zero-order valence-corrected chi connectivity index (χ0v) is 16.6. The van der Waals surface area contributed by atoms with E-state index in [2.05, 4.69) is 15.6 Å². The number of hydrogen-bond donors (Lipinski definition) is 5. The number of nitrogens with one attached hydrogen (secondary N) is 2. The number of carbonyl (C=O) groups is 2. The molecule has 0 amide bonds. The minimum Gasteiger partial charge on any atom is -0.473 e. The van der Waals surface area contributed by atoms with Crippen LogP contribution in [0.1, 0.15) is 23.3 Å². The van der Waals surface area contributed by atoms with Crippen molar-refractivity contribution in [3.8, 4) is 0 Å². The van der Waals surface area contributed by atoms with Crippen LogP contribution in [0, 0.1) is 0 Å². The molecular weight excluding hydrogens is 421 g/mol. The number of rotatable bonds is 4. The topological polar surface area (TPSA) is 131 Å². The first-order valence-corrected chi connectivity index (χ1v) is 9.23. The lowest BCUT2D eigenvalue weighted by atomic mass is 10.1. The number of aliphatic imine (C=N–C) groups is 1. The molecule has 8 nitrogen and oxygen atoms in total. The Morgan fingerprint density at radius 3 is 2.21 bits per heavy atom. The predicted molar refractivity (Wildman–Crippen MR) is 109 cm³/mol. The molecule has 1 heterocycles. The summed E-state index contributed by atoms with van der Waals surface area (Å²) in [5.41, 5.74) is 1.71. The van der Waals surface area contributed by atoms with E-state index in [4.69, 9.17) is 43.0 Å². The van der Waals surface area contributed by atoms with E-state index in [0.29, 0.717) is 29.1 Å². The van der Waals surface area contributed by atoms with Crippen LogP contribution in [-0.4, -0.2) is 46.3 Å². The number of hydrogen-bond acceptors (Lipinski definition) is 6. The van der Waals surface area contributed by atoms with Gasteiger partial charge in [-0.1, -0.05) is 59.6 Å². The summed E-state index contributed by atoms with van der Waals surface area (Å²) >= 11 is 12.5. The summed E-state index contributed by atoms with van der Waals surface area (Å²) < 4.78 is 0. The third kappa shape index (κ3) is 6.63.